The first-order valence-corrected chi connectivity index (χ1v) is 13.9. The maximum absolute atomic E-state index is 13.5. The van der Waals surface area contributed by atoms with Crippen LogP contribution in [-0.4, -0.2) is 50.5 Å². The maximum Gasteiger partial charge on any atom is 0.244 e. The molecule has 1 atom stereocenters. The van der Waals surface area contributed by atoms with Crippen molar-refractivity contribution < 1.29 is 18.0 Å². The van der Waals surface area contributed by atoms with Crippen LogP contribution < -0.4 is 9.62 Å². The minimum absolute atomic E-state index is 0.168. The van der Waals surface area contributed by atoms with Crippen molar-refractivity contribution in [2.75, 3.05) is 23.7 Å². The zero-order chi connectivity index (χ0) is 25.5. The van der Waals surface area contributed by atoms with Gasteiger partial charge in [0.25, 0.3) is 0 Å². The van der Waals surface area contributed by atoms with Crippen LogP contribution in [0.3, 0.4) is 0 Å². The summed E-state index contributed by atoms with van der Waals surface area (Å²) in [5.74, 6) is -0.482. The summed E-state index contributed by atoms with van der Waals surface area (Å²) in [6, 6.07) is 13.8. The quantitative estimate of drug-likeness (QED) is 0.457. The Balaban J connectivity index is 2.35. The lowest BCUT2D eigenvalue weighted by Gasteiger charge is -2.31. The molecular weight excluding hydrogens is 518 g/mol. The lowest BCUT2D eigenvalue weighted by molar-refractivity contribution is -0.139. The second-order valence-electron chi connectivity index (χ2n) is 8.76. The third-order valence-corrected chi connectivity index (χ3v) is 7.04. The van der Waals surface area contributed by atoms with Crippen LogP contribution in [0.25, 0.3) is 0 Å². The summed E-state index contributed by atoms with van der Waals surface area (Å²) in [4.78, 5) is 27.8. The van der Waals surface area contributed by atoms with Gasteiger partial charge >= 0.3 is 0 Å². The number of rotatable bonds is 11. The number of nitrogens with one attached hydrogen (secondary N) is 1. The number of carbonyl (C=O) groups is 2. The summed E-state index contributed by atoms with van der Waals surface area (Å²) >= 11 is 3.43. The molecular formula is C25H34BrN3O4S. The number of hydrogen-bond donors (Lipinski definition) is 1. The molecule has 0 spiro atoms. The predicted molar refractivity (Wildman–Crippen MR) is 140 cm³/mol. The van der Waals surface area contributed by atoms with E-state index in [1.165, 1.54) is 4.90 Å². The molecule has 0 saturated heterocycles. The number of benzene rings is 2. The van der Waals surface area contributed by atoms with Crippen LogP contribution in [0.2, 0.25) is 0 Å². The molecule has 0 unspecified atom stereocenters. The fourth-order valence-electron chi connectivity index (χ4n) is 3.38. The molecule has 9 heteroatoms. The minimum Gasteiger partial charge on any atom is -0.354 e. The molecule has 2 amide bonds. The van der Waals surface area contributed by atoms with E-state index >= 15 is 0 Å². The summed E-state index contributed by atoms with van der Waals surface area (Å²) in [5.41, 5.74) is 2.30. The van der Waals surface area contributed by atoms with E-state index in [0.29, 0.717) is 12.2 Å². The fraction of sp³-hybridized carbons (Fsp3) is 0.440. The van der Waals surface area contributed by atoms with Gasteiger partial charge in [-0.15, -0.1) is 0 Å². The molecule has 0 aliphatic carbocycles. The topological polar surface area (TPSA) is 86.8 Å². The highest BCUT2D eigenvalue weighted by molar-refractivity contribution is 9.10. The van der Waals surface area contributed by atoms with Crippen molar-refractivity contribution in [2.24, 2.45) is 5.92 Å². The molecule has 0 saturated carbocycles. The minimum atomic E-state index is -3.74. The summed E-state index contributed by atoms with van der Waals surface area (Å²) in [5, 5.41) is 2.87. The Morgan fingerprint density at radius 2 is 1.68 bits per heavy atom. The molecule has 34 heavy (non-hydrogen) atoms. The third kappa shape index (κ3) is 8.13. The van der Waals surface area contributed by atoms with Gasteiger partial charge in [-0.25, -0.2) is 8.42 Å². The van der Waals surface area contributed by atoms with E-state index in [2.05, 4.69) is 21.2 Å². The van der Waals surface area contributed by atoms with Crippen LogP contribution in [0.1, 0.15) is 38.8 Å². The Labute approximate surface area is 211 Å². The van der Waals surface area contributed by atoms with Crippen LogP contribution in [0.5, 0.6) is 0 Å². The van der Waals surface area contributed by atoms with Crippen molar-refractivity contribution in [1.29, 1.82) is 0 Å². The van der Waals surface area contributed by atoms with E-state index in [9.17, 15) is 18.0 Å². The smallest absolute Gasteiger partial charge is 0.244 e. The van der Waals surface area contributed by atoms with E-state index < -0.39 is 28.5 Å². The van der Waals surface area contributed by atoms with Gasteiger partial charge in [0.15, 0.2) is 0 Å². The normalized spacial score (nSPS) is 12.3. The van der Waals surface area contributed by atoms with Crippen molar-refractivity contribution in [3.8, 4) is 0 Å². The average molecular weight is 553 g/mol. The Kier molecular flexibility index (Phi) is 10.1. The summed E-state index contributed by atoms with van der Waals surface area (Å²) in [6.07, 6.45) is 1.90. The van der Waals surface area contributed by atoms with Crippen molar-refractivity contribution in [2.45, 2.75) is 46.7 Å². The molecule has 0 aromatic heterocycles. The fourth-order valence-corrected chi connectivity index (χ4v) is 4.67. The number of hydrogen-bond acceptors (Lipinski definition) is 4. The second-order valence-corrected chi connectivity index (χ2v) is 11.6. The molecule has 1 N–H and O–H groups in total. The van der Waals surface area contributed by atoms with E-state index in [4.69, 9.17) is 0 Å². The highest BCUT2D eigenvalue weighted by atomic mass is 79.9. The molecule has 0 fully saturated rings. The van der Waals surface area contributed by atoms with Gasteiger partial charge in [0.2, 0.25) is 21.8 Å². The highest BCUT2D eigenvalue weighted by Crippen LogP contribution is 2.21. The average Bonchev–Trinajstić information content (AvgIpc) is 2.78. The van der Waals surface area contributed by atoms with Gasteiger partial charge < -0.3 is 10.2 Å². The molecule has 0 heterocycles. The summed E-state index contributed by atoms with van der Waals surface area (Å²) < 4.78 is 27.1. The number of halogens is 1. The van der Waals surface area contributed by atoms with Crippen LogP contribution in [0.4, 0.5) is 5.69 Å². The molecule has 2 rings (SSSR count). The lowest BCUT2D eigenvalue weighted by atomic mass is 10.1. The Morgan fingerprint density at radius 1 is 1.03 bits per heavy atom. The standard InChI is InChI=1S/C25H34BrN3O4S/c1-6-20-10-12-23(13-11-20)29(34(5,32)33)17-24(30)28(16-21-8-7-9-22(26)14-21)19(4)25(31)27-15-18(2)3/h7-14,18-19H,6,15-17H2,1-5H3,(H,27,31)/t19-/m0/s1. The third-order valence-electron chi connectivity index (χ3n) is 5.41. The van der Waals surface area contributed by atoms with Gasteiger partial charge in [-0.3, -0.25) is 13.9 Å². The SMILES string of the molecule is CCc1ccc(N(CC(=O)N(Cc2cccc(Br)c2)[C@@H](C)C(=O)NCC(C)C)S(C)(=O)=O)cc1. The van der Waals surface area contributed by atoms with Gasteiger partial charge in [0.05, 0.1) is 11.9 Å². The Morgan fingerprint density at radius 3 is 2.21 bits per heavy atom. The van der Waals surface area contributed by atoms with Crippen molar-refractivity contribution in [1.82, 2.24) is 10.2 Å². The first kappa shape index (κ1) is 27.9. The van der Waals surface area contributed by atoms with E-state index in [0.717, 1.165) is 32.6 Å². The monoisotopic (exact) mass is 551 g/mol. The first-order chi connectivity index (χ1) is 15.9. The molecule has 2 aromatic rings. The number of aryl methyl sites for hydroxylation is 1. The summed E-state index contributed by atoms with van der Waals surface area (Å²) in [6.45, 7) is 7.90. The number of anilines is 1. The van der Waals surface area contributed by atoms with Gasteiger partial charge in [-0.2, -0.15) is 0 Å². The van der Waals surface area contributed by atoms with Crippen molar-refractivity contribution >= 4 is 43.5 Å². The predicted octanol–water partition coefficient (Wildman–Crippen LogP) is 3.97. The van der Waals surface area contributed by atoms with Crippen molar-refractivity contribution in [3.05, 3.63) is 64.1 Å². The largest absolute Gasteiger partial charge is 0.354 e. The van der Waals surface area contributed by atoms with Gasteiger partial charge in [0.1, 0.15) is 12.6 Å². The van der Waals surface area contributed by atoms with Crippen molar-refractivity contribution in [3.63, 3.8) is 0 Å². The van der Waals surface area contributed by atoms with Crippen LogP contribution in [-0.2, 0) is 32.6 Å². The highest BCUT2D eigenvalue weighted by Gasteiger charge is 2.30. The maximum atomic E-state index is 13.5. The molecule has 0 aliphatic rings. The number of sulfonamides is 1. The van der Waals surface area contributed by atoms with Crippen LogP contribution in [0.15, 0.2) is 53.0 Å². The van der Waals surface area contributed by atoms with Gasteiger partial charge in [0, 0.05) is 17.6 Å². The van der Waals surface area contributed by atoms with E-state index in [1.807, 2.05) is 57.2 Å². The molecule has 0 aliphatic heterocycles. The lowest BCUT2D eigenvalue weighted by Crippen LogP contribution is -2.51. The van der Waals surface area contributed by atoms with Crippen LogP contribution >= 0.6 is 15.9 Å². The number of carbonyl (C=O) groups excluding carboxylic acids is 2. The van der Waals surface area contributed by atoms with E-state index in [1.54, 1.807) is 19.1 Å². The first-order valence-electron chi connectivity index (χ1n) is 11.3. The second kappa shape index (κ2) is 12.4. The Hall–Kier alpha value is -2.39. The summed E-state index contributed by atoms with van der Waals surface area (Å²) in [7, 11) is -3.74. The zero-order valence-electron chi connectivity index (χ0n) is 20.4. The molecule has 2 aromatic carbocycles. The molecule has 7 nitrogen and oxygen atoms in total. The number of amides is 2. The molecule has 0 radical (unpaired) electrons. The number of nitrogens with zero attached hydrogens (tertiary/aromatic N) is 2. The zero-order valence-corrected chi connectivity index (χ0v) is 22.8. The van der Waals surface area contributed by atoms with Crippen LogP contribution in [0, 0.1) is 5.92 Å². The van der Waals surface area contributed by atoms with Gasteiger partial charge in [-0.05, 0) is 54.7 Å². The Bertz CT molecular complexity index is 1090. The van der Waals surface area contributed by atoms with E-state index in [-0.39, 0.29) is 18.4 Å². The molecule has 0 bridgehead atoms. The molecule has 186 valence electrons. The van der Waals surface area contributed by atoms with Gasteiger partial charge in [-0.1, -0.05) is 61.0 Å².